The molecule has 2 aliphatic carbocycles. The molecule has 1 amide bonds. The fourth-order valence-electron chi connectivity index (χ4n) is 2.29. The van der Waals surface area contributed by atoms with Crippen LogP contribution in [0.4, 0.5) is 0 Å². The average molecular weight is 267 g/mol. The van der Waals surface area contributed by atoms with E-state index in [4.69, 9.17) is 0 Å². The SMILES string of the molecule is O=C(CSc1nnnn1C1CCCC1)NC1CC1. The van der Waals surface area contributed by atoms with Gasteiger partial charge >= 0.3 is 0 Å². The van der Waals surface area contributed by atoms with Crippen molar-refractivity contribution < 1.29 is 4.79 Å². The summed E-state index contributed by atoms with van der Waals surface area (Å²) in [5.74, 6) is 0.493. The summed E-state index contributed by atoms with van der Waals surface area (Å²) >= 11 is 1.43. The summed E-state index contributed by atoms with van der Waals surface area (Å²) in [5.41, 5.74) is 0. The molecule has 1 aromatic rings. The van der Waals surface area contributed by atoms with Crippen LogP contribution in [0.2, 0.25) is 0 Å². The summed E-state index contributed by atoms with van der Waals surface area (Å²) < 4.78 is 1.89. The van der Waals surface area contributed by atoms with E-state index >= 15 is 0 Å². The molecule has 0 aromatic carbocycles. The first-order valence-electron chi connectivity index (χ1n) is 6.53. The minimum Gasteiger partial charge on any atom is -0.353 e. The van der Waals surface area contributed by atoms with E-state index in [1.54, 1.807) is 0 Å². The highest BCUT2D eigenvalue weighted by Crippen LogP contribution is 2.31. The summed E-state index contributed by atoms with van der Waals surface area (Å²) in [6.45, 7) is 0. The molecule has 1 aromatic heterocycles. The Kier molecular flexibility index (Phi) is 3.49. The van der Waals surface area contributed by atoms with Crippen LogP contribution in [0.15, 0.2) is 5.16 Å². The highest BCUT2D eigenvalue weighted by molar-refractivity contribution is 7.99. The highest BCUT2D eigenvalue weighted by Gasteiger charge is 2.25. The van der Waals surface area contributed by atoms with E-state index in [0.29, 0.717) is 17.8 Å². The van der Waals surface area contributed by atoms with Crippen molar-refractivity contribution in [1.29, 1.82) is 0 Å². The lowest BCUT2D eigenvalue weighted by atomic mass is 10.3. The molecule has 2 saturated carbocycles. The Labute approximate surface area is 110 Å². The summed E-state index contributed by atoms with van der Waals surface area (Å²) in [4.78, 5) is 11.6. The lowest BCUT2D eigenvalue weighted by Crippen LogP contribution is -2.27. The molecule has 7 heteroatoms. The van der Waals surface area contributed by atoms with E-state index in [-0.39, 0.29) is 5.91 Å². The average Bonchev–Trinajstić information content (AvgIpc) is 2.86. The Balaban J connectivity index is 1.55. The van der Waals surface area contributed by atoms with Crippen LogP contribution in [-0.4, -0.2) is 37.9 Å². The number of hydrogen-bond acceptors (Lipinski definition) is 5. The van der Waals surface area contributed by atoms with Crippen molar-refractivity contribution in [3.8, 4) is 0 Å². The third-order valence-electron chi connectivity index (χ3n) is 3.41. The van der Waals surface area contributed by atoms with Gasteiger partial charge < -0.3 is 5.32 Å². The minimum atomic E-state index is 0.0865. The van der Waals surface area contributed by atoms with Crippen LogP contribution >= 0.6 is 11.8 Å². The Hall–Kier alpha value is -1.11. The molecule has 0 radical (unpaired) electrons. The van der Waals surface area contributed by atoms with Gasteiger partial charge in [0.1, 0.15) is 0 Å². The number of nitrogens with one attached hydrogen (secondary N) is 1. The molecule has 98 valence electrons. The van der Waals surface area contributed by atoms with Crippen LogP contribution in [0.1, 0.15) is 44.6 Å². The summed E-state index contributed by atoms with van der Waals surface area (Å²) in [6, 6.07) is 0.845. The molecule has 1 N–H and O–H groups in total. The predicted octanol–water partition coefficient (Wildman–Crippen LogP) is 1.16. The van der Waals surface area contributed by atoms with Crippen molar-refractivity contribution in [3.05, 3.63) is 0 Å². The van der Waals surface area contributed by atoms with Crippen molar-refractivity contribution >= 4 is 17.7 Å². The quantitative estimate of drug-likeness (QED) is 0.810. The number of tetrazole rings is 1. The molecule has 2 fully saturated rings. The summed E-state index contributed by atoms with van der Waals surface area (Å²) in [5, 5.41) is 15.5. The van der Waals surface area contributed by atoms with Gasteiger partial charge in [0, 0.05) is 6.04 Å². The number of carbonyl (C=O) groups excluding carboxylic acids is 1. The maximum Gasteiger partial charge on any atom is 0.230 e. The van der Waals surface area contributed by atoms with Crippen LogP contribution in [0.5, 0.6) is 0 Å². The third kappa shape index (κ3) is 2.82. The van der Waals surface area contributed by atoms with Crippen LogP contribution in [0.3, 0.4) is 0 Å². The Bertz CT molecular complexity index is 425. The molecule has 0 saturated heterocycles. The van der Waals surface area contributed by atoms with Gasteiger partial charge in [0.25, 0.3) is 0 Å². The number of aromatic nitrogens is 4. The van der Waals surface area contributed by atoms with Crippen molar-refractivity contribution in [2.24, 2.45) is 0 Å². The minimum absolute atomic E-state index is 0.0865. The van der Waals surface area contributed by atoms with Gasteiger partial charge in [-0.05, 0) is 36.1 Å². The smallest absolute Gasteiger partial charge is 0.230 e. The number of nitrogens with zero attached hydrogens (tertiary/aromatic N) is 4. The zero-order valence-corrected chi connectivity index (χ0v) is 11.0. The van der Waals surface area contributed by atoms with Crippen LogP contribution < -0.4 is 5.32 Å². The monoisotopic (exact) mass is 267 g/mol. The lowest BCUT2D eigenvalue weighted by molar-refractivity contribution is -0.118. The first-order valence-corrected chi connectivity index (χ1v) is 7.51. The number of hydrogen-bond donors (Lipinski definition) is 1. The normalized spacial score (nSPS) is 20.2. The maximum absolute atomic E-state index is 11.6. The van der Waals surface area contributed by atoms with Gasteiger partial charge in [0.05, 0.1) is 11.8 Å². The highest BCUT2D eigenvalue weighted by atomic mass is 32.2. The molecule has 0 bridgehead atoms. The van der Waals surface area contributed by atoms with Crippen LogP contribution in [-0.2, 0) is 4.79 Å². The van der Waals surface area contributed by atoms with Gasteiger partial charge in [-0.1, -0.05) is 24.6 Å². The number of rotatable bonds is 5. The summed E-state index contributed by atoms with van der Waals surface area (Å²) in [6.07, 6.45) is 7.03. The second-order valence-electron chi connectivity index (χ2n) is 4.97. The molecule has 0 atom stereocenters. The van der Waals surface area contributed by atoms with Crippen molar-refractivity contribution in [2.75, 3.05) is 5.75 Å². The van der Waals surface area contributed by atoms with Crippen molar-refractivity contribution in [1.82, 2.24) is 25.5 Å². The fraction of sp³-hybridized carbons (Fsp3) is 0.818. The van der Waals surface area contributed by atoms with Gasteiger partial charge in [-0.2, -0.15) is 0 Å². The van der Waals surface area contributed by atoms with E-state index in [9.17, 15) is 4.79 Å². The molecular formula is C11H17N5OS. The number of carbonyl (C=O) groups is 1. The molecule has 0 aliphatic heterocycles. The molecule has 3 rings (SSSR count). The van der Waals surface area contributed by atoms with Crippen molar-refractivity contribution in [2.45, 2.75) is 55.8 Å². The number of amides is 1. The van der Waals surface area contributed by atoms with E-state index in [2.05, 4.69) is 20.8 Å². The summed E-state index contributed by atoms with van der Waals surface area (Å²) in [7, 11) is 0. The molecular weight excluding hydrogens is 250 g/mol. The Morgan fingerprint density at radius 1 is 1.33 bits per heavy atom. The van der Waals surface area contributed by atoms with E-state index in [1.807, 2.05) is 4.68 Å². The third-order valence-corrected chi connectivity index (χ3v) is 4.34. The molecule has 6 nitrogen and oxygen atoms in total. The zero-order chi connectivity index (χ0) is 12.4. The first-order chi connectivity index (χ1) is 8.83. The topological polar surface area (TPSA) is 72.7 Å². The van der Waals surface area contributed by atoms with Gasteiger partial charge in [-0.3, -0.25) is 4.79 Å². The van der Waals surface area contributed by atoms with E-state index in [1.165, 1.54) is 24.6 Å². The van der Waals surface area contributed by atoms with Crippen LogP contribution in [0, 0.1) is 0 Å². The molecule has 1 heterocycles. The first kappa shape index (κ1) is 12.0. The van der Waals surface area contributed by atoms with Gasteiger partial charge in [-0.25, -0.2) is 4.68 Å². The predicted molar refractivity (Wildman–Crippen MR) is 67.2 cm³/mol. The second kappa shape index (κ2) is 5.26. The molecule has 18 heavy (non-hydrogen) atoms. The van der Waals surface area contributed by atoms with Gasteiger partial charge in [-0.15, -0.1) is 5.10 Å². The van der Waals surface area contributed by atoms with Gasteiger partial charge in [0.15, 0.2) is 0 Å². The molecule has 0 unspecified atom stereocenters. The van der Waals surface area contributed by atoms with Crippen LogP contribution in [0.25, 0.3) is 0 Å². The van der Waals surface area contributed by atoms with Gasteiger partial charge in [0.2, 0.25) is 11.1 Å². The maximum atomic E-state index is 11.6. The second-order valence-corrected chi connectivity index (χ2v) is 5.92. The standard InChI is InChI=1S/C11H17N5OS/c17-10(12-8-5-6-8)7-18-11-13-14-15-16(11)9-3-1-2-4-9/h8-9H,1-7H2,(H,12,17). The van der Waals surface area contributed by atoms with Crippen molar-refractivity contribution in [3.63, 3.8) is 0 Å². The largest absolute Gasteiger partial charge is 0.353 e. The fourth-order valence-corrected chi connectivity index (χ4v) is 3.04. The van der Waals surface area contributed by atoms with E-state index < -0.39 is 0 Å². The lowest BCUT2D eigenvalue weighted by Gasteiger charge is -2.10. The molecule has 0 spiro atoms. The Morgan fingerprint density at radius 3 is 2.83 bits per heavy atom. The Morgan fingerprint density at radius 2 is 2.11 bits per heavy atom. The van der Waals surface area contributed by atoms with E-state index in [0.717, 1.165) is 30.8 Å². The molecule has 2 aliphatic rings. The number of thioether (sulfide) groups is 1. The zero-order valence-electron chi connectivity index (χ0n) is 10.2.